The van der Waals surface area contributed by atoms with Gasteiger partial charge in [-0.05, 0) is 17.9 Å². The number of allylic oxidation sites excluding steroid dienone is 1. The molecular weight excluding hydrogens is 210 g/mol. The molecule has 0 radical (unpaired) electrons. The fourth-order valence-electron chi connectivity index (χ4n) is 1.59. The SMILES string of the molecule is CC(C)Cc1ccc(C(=O)C=CN(C)C)cc1. The minimum atomic E-state index is 0.0507. The van der Waals surface area contributed by atoms with Crippen LogP contribution in [0, 0.1) is 5.92 Å². The monoisotopic (exact) mass is 231 g/mol. The van der Waals surface area contributed by atoms with Crippen molar-refractivity contribution in [2.45, 2.75) is 20.3 Å². The van der Waals surface area contributed by atoms with E-state index in [0.29, 0.717) is 5.92 Å². The van der Waals surface area contributed by atoms with Crippen LogP contribution in [-0.4, -0.2) is 24.8 Å². The van der Waals surface area contributed by atoms with E-state index in [9.17, 15) is 4.79 Å². The Kier molecular flexibility index (Phi) is 4.95. The summed E-state index contributed by atoms with van der Waals surface area (Å²) in [6, 6.07) is 7.88. The lowest BCUT2D eigenvalue weighted by atomic mass is 10.0. The zero-order valence-electron chi connectivity index (χ0n) is 11.1. The Balaban J connectivity index is 2.70. The third-order valence-corrected chi connectivity index (χ3v) is 2.41. The fourth-order valence-corrected chi connectivity index (χ4v) is 1.59. The van der Waals surface area contributed by atoms with E-state index in [-0.39, 0.29) is 5.78 Å². The summed E-state index contributed by atoms with van der Waals surface area (Å²) in [5.74, 6) is 0.694. The summed E-state index contributed by atoms with van der Waals surface area (Å²) in [4.78, 5) is 13.6. The quantitative estimate of drug-likeness (QED) is 0.573. The van der Waals surface area contributed by atoms with Gasteiger partial charge in [0, 0.05) is 31.9 Å². The Bertz CT molecular complexity index is 388. The molecule has 0 aromatic heterocycles. The largest absolute Gasteiger partial charge is 0.383 e. The molecule has 1 aromatic carbocycles. The Morgan fingerprint density at radius 3 is 2.29 bits per heavy atom. The Hall–Kier alpha value is -1.57. The first-order chi connectivity index (χ1) is 7.99. The average molecular weight is 231 g/mol. The first-order valence-corrected chi connectivity index (χ1v) is 5.97. The molecule has 0 N–H and O–H groups in total. The van der Waals surface area contributed by atoms with Crippen molar-refractivity contribution < 1.29 is 4.79 Å². The lowest BCUT2D eigenvalue weighted by Gasteiger charge is -2.06. The molecule has 0 aliphatic carbocycles. The Labute approximate surface area is 104 Å². The van der Waals surface area contributed by atoms with E-state index in [0.717, 1.165) is 12.0 Å². The molecule has 0 bridgehead atoms. The maximum Gasteiger partial charge on any atom is 0.187 e. The molecule has 0 amide bonds. The maximum absolute atomic E-state index is 11.8. The van der Waals surface area contributed by atoms with Gasteiger partial charge in [0.1, 0.15) is 0 Å². The number of hydrogen-bond donors (Lipinski definition) is 0. The van der Waals surface area contributed by atoms with Crippen molar-refractivity contribution in [3.63, 3.8) is 0 Å². The second kappa shape index (κ2) is 6.24. The predicted molar refractivity (Wildman–Crippen MR) is 72.1 cm³/mol. The number of rotatable bonds is 5. The van der Waals surface area contributed by atoms with Gasteiger partial charge in [0.25, 0.3) is 0 Å². The van der Waals surface area contributed by atoms with Crippen LogP contribution < -0.4 is 0 Å². The van der Waals surface area contributed by atoms with Gasteiger partial charge in [-0.2, -0.15) is 0 Å². The first kappa shape index (κ1) is 13.5. The molecule has 0 heterocycles. The van der Waals surface area contributed by atoms with E-state index in [1.165, 1.54) is 5.56 Å². The molecule has 1 aromatic rings. The maximum atomic E-state index is 11.8. The third-order valence-electron chi connectivity index (χ3n) is 2.41. The molecule has 0 saturated heterocycles. The van der Waals surface area contributed by atoms with Gasteiger partial charge in [0.15, 0.2) is 5.78 Å². The Morgan fingerprint density at radius 2 is 1.82 bits per heavy atom. The smallest absolute Gasteiger partial charge is 0.187 e. The number of carbonyl (C=O) groups excluding carboxylic acids is 1. The number of nitrogens with zero attached hydrogens (tertiary/aromatic N) is 1. The summed E-state index contributed by atoms with van der Waals surface area (Å²) in [5, 5.41) is 0. The van der Waals surface area contributed by atoms with Crippen molar-refractivity contribution in [3.8, 4) is 0 Å². The molecular formula is C15H21NO. The molecule has 0 unspecified atom stereocenters. The zero-order valence-corrected chi connectivity index (χ0v) is 11.1. The van der Waals surface area contributed by atoms with Crippen molar-refractivity contribution in [1.82, 2.24) is 4.90 Å². The summed E-state index contributed by atoms with van der Waals surface area (Å²) in [6.45, 7) is 4.39. The summed E-state index contributed by atoms with van der Waals surface area (Å²) >= 11 is 0. The van der Waals surface area contributed by atoms with Crippen LogP contribution in [0.25, 0.3) is 0 Å². The summed E-state index contributed by atoms with van der Waals surface area (Å²) in [5.41, 5.74) is 2.03. The molecule has 0 spiro atoms. The van der Waals surface area contributed by atoms with Crippen molar-refractivity contribution in [2.75, 3.05) is 14.1 Å². The molecule has 2 nitrogen and oxygen atoms in total. The second-order valence-corrected chi connectivity index (χ2v) is 4.94. The van der Waals surface area contributed by atoms with Gasteiger partial charge in [0.05, 0.1) is 0 Å². The van der Waals surface area contributed by atoms with Gasteiger partial charge in [-0.3, -0.25) is 4.79 Å². The van der Waals surface area contributed by atoms with Gasteiger partial charge in [0.2, 0.25) is 0 Å². The second-order valence-electron chi connectivity index (χ2n) is 4.94. The number of hydrogen-bond acceptors (Lipinski definition) is 2. The summed E-state index contributed by atoms with van der Waals surface area (Å²) < 4.78 is 0. The first-order valence-electron chi connectivity index (χ1n) is 5.97. The molecule has 0 aliphatic heterocycles. The number of ketones is 1. The van der Waals surface area contributed by atoms with E-state index in [1.54, 1.807) is 12.3 Å². The summed E-state index contributed by atoms with van der Waals surface area (Å²) in [6.07, 6.45) is 4.42. The Morgan fingerprint density at radius 1 is 1.24 bits per heavy atom. The minimum absolute atomic E-state index is 0.0507. The summed E-state index contributed by atoms with van der Waals surface area (Å²) in [7, 11) is 3.80. The van der Waals surface area contributed by atoms with Crippen LogP contribution in [0.3, 0.4) is 0 Å². The topological polar surface area (TPSA) is 20.3 Å². The van der Waals surface area contributed by atoms with Gasteiger partial charge in [-0.15, -0.1) is 0 Å². The lowest BCUT2D eigenvalue weighted by molar-refractivity contribution is 0.104. The fraction of sp³-hybridized carbons (Fsp3) is 0.400. The molecule has 2 heteroatoms. The van der Waals surface area contributed by atoms with Crippen molar-refractivity contribution >= 4 is 5.78 Å². The highest BCUT2D eigenvalue weighted by Gasteiger charge is 2.02. The lowest BCUT2D eigenvalue weighted by Crippen LogP contribution is -2.03. The van der Waals surface area contributed by atoms with E-state index >= 15 is 0 Å². The van der Waals surface area contributed by atoms with Crippen molar-refractivity contribution in [1.29, 1.82) is 0 Å². The molecule has 17 heavy (non-hydrogen) atoms. The molecule has 0 aliphatic rings. The number of benzene rings is 1. The van der Waals surface area contributed by atoms with Crippen molar-refractivity contribution in [2.24, 2.45) is 5.92 Å². The van der Waals surface area contributed by atoms with Crippen LogP contribution in [0.15, 0.2) is 36.5 Å². The number of carbonyl (C=O) groups is 1. The zero-order chi connectivity index (χ0) is 12.8. The molecule has 1 rings (SSSR count). The van der Waals surface area contributed by atoms with E-state index in [4.69, 9.17) is 0 Å². The standard InChI is InChI=1S/C15H21NO/c1-12(2)11-13-5-7-14(8-6-13)15(17)9-10-16(3)4/h5-10,12H,11H2,1-4H3. The van der Waals surface area contributed by atoms with Gasteiger partial charge in [-0.1, -0.05) is 38.1 Å². The highest BCUT2D eigenvalue weighted by atomic mass is 16.1. The van der Waals surface area contributed by atoms with E-state index < -0.39 is 0 Å². The van der Waals surface area contributed by atoms with Crippen LogP contribution in [-0.2, 0) is 6.42 Å². The van der Waals surface area contributed by atoms with Gasteiger partial charge in [-0.25, -0.2) is 0 Å². The highest BCUT2D eigenvalue weighted by Crippen LogP contribution is 2.10. The van der Waals surface area contributed by atoms with E-state index in [2.05, 4.69) is 13.8 Å². The molecule has 0 saturated carbocycles. The van der Waals surface area contributed by atoms with Gasteiger partial charge < -0.3 is 4.90 Å². The van der Waals surface area contributed by atoms with Crippen LogP contribution in [0.4, 0.5) is 0 Å². The van der Waals surface area contributed by atoms with E-state index in [1.807, 2.05) is 43.3 Å². The van der Waals surface area contributed by atoms with Crippen molar-refractivity contribution in [3.05, 3.63) is 47.7 Å². The normalized spacial score (nSPS) is 11.1. The molecule has 92 valence electrons. The molecule has 0 fully saturated rings. The average Bonchev–Trinajstić information content (AvgIpc) is 2.26. The van der Waals surface area contributed by atoms with Gasteiger partial charge >= 0.3 is 0 Å². The van der Waals surface area contributed by atoms with Crippen LogP contribution in [0.2, 0.25) is 0 Å². The minimum Gasteiger partial charge on any atom is -0.383 e. The molecule has 0 atom stereocenters. The van der Waals surface area contributed by atoms with Crippen LogP contribution in [0.1, 0.15) is 29.8 Å². The highest BCUT2D eigenvalue weighted by molar-refractivity contribution is 6.04. The third kappa shape index (κ3) is 4.85. The predicted octanol–water partition coefficient (Wildman–Crippen LogP) is 3.14. The van der Waals surface area contributed by atoms with Crippen LogP contribution in [0.5, 0.6) is 0 Å². The van der Waals surface area contributed by atoms with Crippen LogP contribution >= 0.6 is 0 Å².